The van der Waals surface area contributed by atoms with Gasteiger partial charge in [-0.25, -0.2) is 0 Å². The second-order valence-corrected chi connectivity index (χ2v) is 5.87. The van der Waals surface area contributed by atoms with Gasteiger partial charge in [-0.15, -0.1) is 0 Å². The Bertz CT molecular complexity index is 402. The predicted octanol–water partition coefficient (Wildman–Crippen LogP) is 3.31. The van der Waals surface area contributed by atoms with E-state index in [1.165, 1.54) is 32.4 Å². The van der Waals surface area contributed by atoms with Crippen LogP contribution >= 0.6 is 0 Å². The fourth-order valence-corrected chi connectivity index (χ4v) is 3.06. The maximum Gasteiger partial charge on any atom is 0.120 e. The SMILES string of the molecule is CCC(NCC(C)N1CCCCC1)c1ccccc1O. The summed E-state index contributed by atoms with van der Waals surface area (Å²) in [5.41, 5.74) is 1.01. The van der Waals surface area contributed by atoms with E-state index in [4.69, 9.17) is 0 Å². The van der Waals surface area contributed by atoms with Crippen molar-refractivity contribution in [3.05, 3.63) is 29.8 Å². The van der Waals surface area contributed by atoms with Gasteiger partial charge in [0.2, 0.25) is 0 Å². The van der Waals surface area contributed by atoms with Gasteiger partial charge in [-0.2, -0.15) is 0 Å². The van der Waals surface area contributed by atoms with Crippen molar-refractivity contribution in [3.8, 4) is 5.75 Å². The highest BCUT2D eigenvalue weighted by Crippen LogP contribution is 2.25. The number of nitrogens with one attached hydrogen (secondary N) is 1. The normalized spacial score (nSPS) is 19.7. The van der Waals surface area contributed by atoms with E-state index in [0.29, 0.717) is 11.8 Å². The lowest BCUT2D eigenvalue weighted by Gasteiger charge is -2.33. The molecule has 1 aromatic carbocycles. The number of para-hydroxylation sites is 1. The molecule has 2 unspecified atom stereocenters. The molecular formula is C17H28N2O. The Labute approximate surface area is 123 Å². The molecule has 0 aliphatic carbocycles. The van der Waals surface area contributed by atoms with E-state index in [-0.39, 0.29) is 6.04 Å². The third kappa shape index (κ3) is 3.97. The van der Waals surface area contributed by atoms with Crippen LogP contribution in [0.25, 0.3) is 0 Å². The van der Waals surface area contributed by atoms with Gasteiger partial charge >= 0.3 is 0 Å². The molecule has 0 saturated carbocycles. The van der Waals surface area contributed by atoms with E-state index in [1.807, 2.05) is 18.2 Å². The number of benzene rings is 1. The molecule has 0 bridgehead atoms. The minimum Gasteiger partial charge on any atom is -0.508 e. The number of phenols is 1. The van der Waals surface area contributed by atoms with Crippen LogP contribution in [0.1, 0.15) is 51.1 Å². The zero-order chi connectivity index (χ0) is 14.4. The molecule has 1 aromatic rings. The predicted molar refractivity (Wildman–Crippen MR) is 84.0 cm³/mol. The minimum absolute atomic E-state index is 0.239. The summed E-state index contributed by atoms with van der Waals surface area (Å²) in [7, 11) is 0. The third-order valence-electron chi connectivity index (χ3n) is 4.39. The first-order valence-electron chi connectivity index (χ1n) is 7.97. The number of rotatable bonds is 6. The van der Waals surface area contributed by atoms with Crippen molar-refractivity contribution in [1.29, 1.82) is 0 Å². The van der Waals surface area contributed by atoms with E-state index < -0.39 is 0 Å². The first kappa shape index (κ1) is 15.3. The van der Waals surface area contributed by atoms with Crippen LogP contribution in [-0.2, 0) is 0 Å². The summed E-state index contributed by atoms with van der Waals surface area (Å²) in [5.74, 6) is 0.400. The fourth-order valence-electron chi connectivity index (χ4n) is 3.06. The number of likely N-dealkylation sites (tertiary alicyclic amines) is 1. The van der Waals surface area contributed by atoms with Crippen molar-refractivity contribution in [2.24, 2.45) is 0 Å². The Balaban J connectivity index is 1.89. The number of phenolic OH excluding ortho intramolecular Hbond substituents is 1. The van der Waals surface area contributed by atoms with Gasteiger partial charge in [0.25, 0.3) is 0 Å². The molecule has 0 radical (unpaired) electrons. The van der Waals surface area contributed by atoms with Gasteiger partial charge in [0.05, 0.1) is 0 Å². The average Bonchev–Trinajstić information content (AvgIpc) is 2.50. The molecule has 2 N–H and O–H groups in total. The molecule has 1 heterocycles. The van der Waals surface area contributed by atoms with Crippen LogP contribution < -0.4 is 5.32 Å². The van der Waals surface area contributed by atoms with Crippen LogP contribution in [0.2, 0.25) is 0 Å². The second-order valence-electron chi connectivity index (χ2n) is 5.87. The summed E-state index contributed by atoms with van der Waals surface area (Å²) in [6.07, 6.45) is 5.04. The Morgan fingerprint density at radius 1 is 1.20 bits per heavy atom. The largest absolute Gasteiger partial charge is 0.508 e. The molecule has 0 aromatic heterocycles. The molecule has 0 spiro atoms. The highest BCUT2D eigenvalue weighted by molar-refractivity contribution is 5.34. The molecule has 3 heteroatoms. The number of hydrogen-bond donors (Lipinski definition) is 2. The molecule has 0 amide bonds. The Kier molecular flexibility index (Phi) is 5.86. The first-order chi connectivity index (χ1) is 9.72. The molecule has 20 heavy (non-hydrogen) atoms. The molecule has 2 rings (SSSR count). The van der Waals surface area contributed by atoms with Gasteiger partial charge in [0, 0.05) is 24.2 Å². The first-order valence-corrected chi connectivity index (χ1v) is 7.97. The molecule has 3 nitrogen and oxygen atoms in total. The lowest BCUT2D eigenvalue weighted by Crippen LogP contribution is -2.43. The summed E-state index contributed by atoms with van der Waals surface area (Å²) in [6, 6.07) is 8.46. The van der Waals surface area contributed by atoms with Crippen LogP contribution in [0, 0.1) is 0 Å². The molecule has 1 fully saturated rings. The van der Waals surface area contributed by atoms with E-state index >= 15 is 0 Å². The lowest BCUT2D eigenvalue weighted by atomic mass is 10.0. The van der Waals surface area contributed by atoms with E-state index in [1.54, 1.807) is 6.07 Å². The standard InChI is InChI=1S/C17H28N2O/c1-3-16(15-9-5-6-10-17(15)20)18-13-14(2)19-11-7-4-8-12-19/h5-6,9-10,14,16,18,20H,3-4,7-8,11-13H2,1-2H3. The Hall–Kier alpha value is -1.06. The van der Waals surface area contributed by atoms with Crippen molar-refractivity contribution in [2.75, 3.05) is 19.6 Å². The summed E-state index contributed by atoms with van der Waals surface area (Å²) >= 11 is 0. The van der Waals surface area contributed by atoms with Crippen LogP contribution in [0.5, 0.6) is 5.75 Å². The highest BCUT2D eigenvalue weighted by atomic mass is 16.3. The van der Waals surface area contributed by atoms with Crippen molar-refractivity contribution in [2.45, 2.75) is 51.6 Å². The summed E-state index contributed by atoms with van der Waals surface area (Å²) < 4.78 is 0. The Morgan fingerprint density at radius 2 is 1.90 bits per heavy atom. The molecular weight excluding hydrogens is 248 g/mol. The zero-order valence-corrected chi connectivity index (χ0v) is 12.8. The monoisotopic (exact) mass is 276 g/mol. The van der Waals surface area contributed by atoms with Gasteiger partial charge < -0.3 is 10.4 Å². The van der Waals surface area contributed by atoms with E-state index in [2.05, 4.69) is 24.1 Å². The Morgan fingerprint density at radius 3 is 2.55 bits per heavy atom. The van der Waals surface area contributed by atoms with Crippen LogP contribution in [0.3, 0.4) is 0 Å². The van der Waals surface area contributed by atoms with Crippen molar-refractivity contribution < 1.29 is 5.11 Å². The fraction of sp³-hybridized carbons (Fsp3) is 0.647. The van der Waals surface area contributed by atoms with Gasteiger partial charge in [0.1, 0.15) is 5.75 Å². The lowest BCUT2D eigenvalue weighted by molar-refractivity contribution is 0.167. The van der Waals surface area contributed by atoms with Gasteiger partial charge in [0.15, 0.2) is 0 Å². The summed E-state index contributed by atoms with van der Waals surface area (Å²) in [4.78, 5) is 2.58. The molecule has 2 atom stereocenters. The van der Waals surface area contributed by atoms with E-state index in [0.717, 1.165) is 18.5 Å². The van der Waals surface area contributed by atoms with Gasteiger partial charge in [-0.1, -0.05) is 31.5 Å². The van der Waals surface area contributed by atoms with Crippen molar-refractivity contribution in [1.82, 2.24) is 10.2 Å². The smallest absolute Gasteiger partial charge is 0.120 e. The summed E-state index contributed by atoms with van der Waals surface area (Å²) in [5, 5.41) is 13.6. The molecule has 1 aliphatic rings. The maximum absolute atomic E-state index is 9.98. The minimum atomic E-state index is 0.239. The third-order valence-corrected chi connectivity index (χ3v) is 4.39. The quantitative estimate of drug-likeness (QED) is 0.837. The van der Waals surface area contributed by atoms with Crippen molar-refractivity contribution >= 4 is 0 Å². The number of piperidine rings is 1. The zero-order valence-electron chi connectivity index (χ0n) is 12.8. The second kappa shape index (κ2) is 7.65. The number of hydrogen-bond acceptors (Lipinski definition) is 3. The molecule has 112 valence electrons. The summed E-state index contributed by atoms with van der Waals surface area (Å²) in [6.45, 7) is 7.91. The van der Waals surface area contributed by atoms with E-state index in [9.17, 15) is 5.11 Å². The van der Waals surface area contributed by atoms with Crippen molar-refractivity contribution in [3.63, 3.8) is 0 Å². The molecule has 1 saturated heterocycles. The maximum atomic E-state index is 9.98. The van der Waals surface area contributed by atoms with Gasteiger partial charge in [-0.3, -0.25) is 4.90 Å². The number of nitrogens with zero attached hydrogens (tertiary/aromatic N) is 1. The van der Waals surface area contributed by atoms with Crippen LogP contribution in [0.15, 0.2) is 24.3 Å². The van der Waals surface area contributed by atoms with Gasteiger partial charge in [-0.05, 0) is 45.3 Å². The highest BCUT2D eigenvalue weighted by Gasteiger charge is 2.18. The molecule has 1 aliphatic heterocycles. The number of aromatic hydroxyl groups is 1. The van der Waals surface area contributed by atoms with Crippen LogP contribution in [-0.4, -0.2) is 35.7 Å². The average molecular weight is 276 g/mol. The topological polar surface area (TPSA) is 35.5 Å². The van der Waals surface area contributed by atoms with Crippen LogP contribution in [0.4, 0.5) is 0 Å².